The zero-order valence-electron chi connectivity index (χ0n) is 19.3. The van der Waals surface area contributed by atoms with E-state index in [1.165, 1.54) is 6.07 Å². The van der Waals surface area contributed by atoms with E-state index < -0.39 is 0 Å². The Bertz CT molecular complexity index is 1160. The molecule has 180 valence electrons. The Kier molecular flexibility index (Phi) is 7.37. The predicted molar refractivity (Wildman–Crippen MR) is 130 cm³/mol. The molecule has 5 rings (SSSR count). The molecule has 2 aromatic carbocycles. The third-order valence-corrected chi connectivity index (χ3v) is 5.90. The summed E-state index contributed by atoms with van der Waals surface area (Å²) in [6, 6.07) is 17.9. The molecule has 2 aliphatic heterocycles. The van der Waals surface area contributed by atoms with E-state index in [1.54, 1.807) is 18.2 Å². The molecule has 0 aliphatic carbocycles. The second-order valence-electron chi connectivity index (χ2n) is 8.41. The lowest BCUT2D eigenvalue weighted by Crippen LogP contribution is -2.41. The Hall–Kier alpha value is -3.67. The van der Waals surface area contributed by atoms with E-state index in [-0.39, 0.29) is 18.2 Å². The van der Waals surface area contributed by atoms with Crippen molar-refractivity contribution in [3.8, 4) is 23.3 Å². The van der Waals surface area contributed by atoms with E-state index >= 15 is 0 Å². The highest BCUT2D eigenvalue weighted by molar-refractivity contribution is 5.44. The number of hydrogen-bond acceptors (Lipinski definition) is 7. The van der Waals surface area contributed by atoms with E-state index in [9.17, 15) is 4.39 Å². The van der Waals surface area contributed by atoms with Crippen molar-refractivity contribution >= 4 is 5.82 Å². The molecule has 0 spiro atoms. The van der Waals surface area contributed by atoms with Gasteiger partial charge in [-0.05, 0) is 54.5 Å². The molecule has 2 saturated heterocycles. The van der Waals surface area contributed by atoms with Crippen molar-refractivity contribution in [3.05, 3.63) is 77.7 Å². The summed E-state index contributed by atoms with van der Waals surface area (Å²) in [5.41, 5.74) is 1.47. The lowest BCUT2D eigenvalue weighted by atomic mass is 10.1. The number of aromatic nitrogens is 2. The van der Waals surface area contributed by atoms with E-state index in [1.807, 2.05) is 36.4 Å². The van der Waals surface area contributed by atoms with Gasteiger partial charge in [0.2, 0.25) is 6.29 Å². The van der Waals surface area contributed by atoms with E-state index in [2.05, 4.69) is 32.3 Å². The minimum Gasteiger partial charge on any atom is -0.487 e. The molecule has 1 N–H and O–H groups in total. The van der Waals surface area contributed by atoms with Crippen molar-refractivity contribution in [2.45, 2.75) is 25.2 Å². The number of morpholine rings is 1. The van der Waals surface area contributed by atoms with Gasteiger partial charge in [-0.15, -0.1) is 10.2 Å². The van der Waals surface area contributed by atoms with Gasteiger partial charge in [0.05, 0.1) is 13.2 Å². The first-order valence-corrected chi connectivity index (χ1v) is 11.8. The summed E-state index contributed by atoms with van der Waals surface area (Å²) < 4.78 is 31.0. The van der Waals surface area contributed by atoms with Crippen molar-refractivity contribution < 1.29 is 18.6 Å². The van der Waals surface area contributed by atoms with Crippen LogP contribution in [0.4, 0.5) is 10.2 Å². The van der Waals surface area contributed by atoms with Crippen LogP contribution in [0.5, 0.6) is 11.5 Å². The smallest absolute Gasteiger partial charge is 0.212 e. The third kappa shape index (κ3) is 6.27. The molecular weight excluding hydrogens is 447 g/mol. The molecule has 0 amide bonds. The highest BCUT2D eigenvalue weighted by atomic mass is 19.1. The molecule has 1 atom stereocenters. The lowest BCUT2D eigenvalue weighted by Gasteiger charge is -2.32. The van der Waals surface area contributed by atoms with Crippen LogP contribution in [0.2, 0.25) is 0 Å². The SMILES string of the molecule is Fc1ccccc1OC1CCN(c2ccc(C#Cc3ccc(OC4CNCCO4)cc3)nn2)CC1. The summed E-state index contributed by atoms with van der Waals surface area (Å²) in [6.45, 7) is 3.72. The fraction of sp³-hybridized carbons (Fsp3) is 0.333. The van der Waals surface area contributed by atoms with Crippen LogP contribution in [0.1, 0.15) is 24.1 Å². The van der Waals surface area contributed by atoms with Crippen LogP contribution in [0.3, 0.4) is 0 Å². The fourth-order valence-corrected chi connectivity index (χ4v) is 4.01. The van der Waals surface area contributed by atoms with Gasteiger partial charge in [-0.1, -0.05) is 18.1 Å². The second-order valence-corrected chi connectivity index (χ2v) is 8.41. The highest BCUT2D eigenvalue weighted by Crippen LogP contribution is 2.23. The van der Waals surface area contributed by atoms with Crippen LogP contribution in [0.25, 0.3) is 0 Å². The number of hydrogen-bond donors (Lipinski definition) is 1. The van der Waals surface area contributed by atoms with Gasteiger partial charge in [-0.2, -0.15) is 0 Å². The Morgan fingerprint density at radius 3 is 2.49 bits per heavy atom. The van der Waals surface area contributed by atoms with Gasteiger partial charge in [-0.3, -0.25) is 0 Å². The van der Waals surface area contributed by atoms with Crippen molar-refractivity contribution in [1.29, 1.82) is 0 Å². The predicted octanol–water partition coefficient (Wildman–Crippen LogP) is 3.39. The lowest BCUT2D eigenvalue weighted by molar-refractivity contribution is -0.0946. The standard InChI is InChI=1S/C27H27FN4O3/c28-24-3-1-2-4-25(24)34-23-13-16-32(17-14-23)26-12-9-21(30-31-26)8-5-20-6-10-22(11-7-20)35-27-19-29-15-18-33-27/h1-4,6-7,9-12,23,27,29H,13-19H2. The summed E-state index contributed by atoms with van der Waals surface area (Å²) in [5.74, 6) is 7.71. The average molecular weight is 475 g/mol. The molecule has 0 bridgehead atoms. The molecule has 0 radical (unpaired) electrons. The Morgan fingerprint density at radius 1 is 0.943 bits per heavy atom. The molecule has 3 aromatic rings. The van der Waals surface area contributed by atoms with Gasteiger partial charge >= 0.3 is 0 Å². The number of nitrogens with one attached hydrogen (secondary N) is 1. The number of benzene rings is 2. The number of para-hydroxylation sites is 1. The summed E-state index contributed by atoms with van der Waals surface area (Å²) in [4.78, 5) is 2.16. The number of rotatable bonds is 5. The molecule has 1 unspecified atom stereocenters. The van der Waals surface area contributed by atoms with Gasteiger partial charge in [0, 0.05) is 38.0 Å². The fourth-order valence-electron chi connectivity index (χ4n) is 4.01. The van der Waals surface area contributed by atoms with Crippen LogP contribution in [-0.4, -0.2) is 55.4 Å². The first kappa shape index (κ1) is 23.1. The Morgan fingerprint density at radius 2 is 1.77 bits per heavy atom. The van der Waals surface area contributed by atoms with Crippen LogP contribution in [-0.2, 0) is 4.74 Å². The minimum absolute atomic E-state index is 0.00936. The molecule has 3 heterocycles. The first-order chi connectivity index (χ1) is 17.2. The number of ether oxygens (including phenoxy) is 3. The number of anilines is 1. The quantitative estimate of drug-likeness (QED) is 0.569. The summed E-state index contributed by atoms with van der Waals surface area (Å²) in [7, 11) is 0. The largest absolute Gasteiger partial charge is 0.487 e. The van der Waals surface area contributed by atoms with Crippen molar-refractivity contribution in [2.75, 3.05) is 37.7 Å². The van der Waals surface area contributed by atoms with Crippen molar-refractivity contribution in [1.82, 2.24) is 15.5 Å². The van der Waals surface area contributed by atoms with Gasteiger partial charge < -0.3 is 24.4 Å². The number of nitrogens with zero attached hydrogens (tertiary/aromatic N) is 3. The van der Waals surface area contributed by atoms with Crippen LogP contribution >= 0.6 is 0 Å². The van der Waals surface area contributed by atoms with E-state index in [0.29, 0.717) is 24.6 Å². The Balaban J connectivity index is 1.12. The Labute approximate surface area is 204 Å². The summed E-state index contributed by atoms with van der Waals surface area (Å²) in [5, 5.41) is 11.9. The normalized spacial score (nSPS) is 18.4. The van der Waals surface area contributed by atoms with Crippen LogP contribution in [0, 0.1) is 17.7 Å². The summed E-state index contributed by atoms with van der Waals surface area (Å²) >= 11 is 0. The number of piperidine rings is 1. The molecule has 2 fully saturated rings. The minimum atomic E-state index is -0.326. The van der Waals surface area contributed by atoms with Crippen molar-refractivity contribution in [3.63, 3.8) is 0 Å². The zero-order chi connectivity index (χ0) is 23.9. The van der Waals surface area contributed by atoms with Crippen LogP contribution in [0.15, 0.2) is 60.7 Å². The van der Waals surface area contributed by atoms with E-state index in [0.717, 1.165) is 49.6 Å². The van der Waals surface area contributed by atoms with Crippen LogP contribution < -0.4 is 19.7 Å². The van der Waals surface area contributed by atoms with Gasteiger partial charge in [0.15, 0.2) is 17.4 Å². The van der Waals surface area contributed by atoms with Gasteiger partial charge in [-0.25, -0.2) is 4.39 Å². The molecule has 0 saturated carbocycles. The zero-order valence-corrected chi connectivity index (χ0v) is 19.3. The van der Waals surface area contributed by atoms with Crippen molar-refractivity contribution in [2.24, 2.45) is 0 Å². The first-order valence-electron chi connectivity index (χ1n) is 11.8. The molecule has 35 heavy (non-hydrogen) atoms. The molecule has 8 heteroatoms. The van der Waals surface area contributed by atoms with E-state index in [4.69, 9.17) is 14.2 Å². The average Bonchev–Trinajstić information content (AvgIpc) is 2.91. The summed E-state index contributed by atoms with van der Waals surface area (Å²) in [6.07, 6.45) is 1.31. The third-order valence-electron chi connectivity index (χ3n) is 5.90. The topological polar surface area (TPSA) is 68.7 Å². The van der Waals surface area contributed by atoms with Gasteiger partial charge in [0.1, 0.15) is 17.5 Å². The maximum absolute atomic E-state index is 13.8. The molecule has 7 nitrogen and oxygen atoms in total. The monoisotopic (exact) mass is 474 g/mol. The molecule has 1 aromatic heterocycles. The highest BCUT2D eigenvalue weighted by Gasteiger charge is 2.22. The maximum atomic E-state index is 13.8. The number of halogens is 1. The second kappa shape index (κ2) is 11.2. The molecule has 2 aliphatic rings. The van der Waals surface area contributed by atoms with Gasteiger partial charge in [0.25, 0.3) is 0 Å². The molecular formula is C27H27FN4O3. The maximum Gasteiger partial charge on any atom is 0.212 e.